The summed E-state index contributed by atoms with van der Waals surface area (Å²) in [5.74, 6) is 0. The van der Waals surface area contributed by atoms with Gasteiger partial charge in [-0.3, -0.25) is 0 Å². The van der Waals surface area contributed by atoms with Crippen molar-refractivity contribution in [2.45, 2.75) is 12.8 Å². The zero-order valence-electron chi connectivity index (χ0n) is 30.7. The Morgan fingerprint density at radius 3 is 2.04 bits per heavy atom. The molecule has 0 aliphatic heterocycles. The Bertz CT molecular complexity index is 3280. The molecule has 10 aromatic rings. The van der Waals surface area contributed by atoms with E-state index in [1.807, 2.05) is 0 Å². The summed E-state index contributed by atoms with van der Waals surface area (Å²) in [5.41, 5.74) is 14.4. The van der Waals surface area contributed by atoms with Crippen LogP contribution in [-0.2, 0) is 0 Å². The molecule has 11 rings (SSSR count). The first-order valence-electron chi connectivity index (χ1n) is 19.4. The topological polar surface area (TPSA) is 31.0 Å². The summed E-state index contributed by atoms with van der Waals surface area (Å²) in [4.78, 5) is 5.21. The lowest BCUT2D eigenvalue weighted by Gasteiger charge is -2.10. The number of nitrogens with zero attached hydrogens (tertiary/aromatic N) is 2. The molecule has 0 saturated carbocycles. The molecular formula is C53H36N2O. The lowest BCUT2D eigenvalue weighted by atomic mass is 9.95. The van der Waals surface area contributed by atoms with Crippen molar-refractivity contribution in [1.82, 2.24) is 9.55 Å². The molecule has 0 amide bonds. The summed E-state index contributed by atoms with van der Waals surface area (Å²) in [6.07, 6.45) is 10.9. The van der Waals surface area contributed by atoms with Crippen molar-refractivity contribution in [1.29, 1.82) is 0 Å². The normalized spacial score (nSPS) is 14.5. The van der Waals surface area contributed by atoms with Gasteiger partial charge in [0.2, 0.25) is 0 Å². The van der Waals surface area contributed by atoms with E-state index in [9.17, 15) is 0 Å². The van der Waals surface area contributed by atoms with Gasteiger partial charge in [0.1, 0.15) is 11.2 Å². The minimum atomic E-state index is 0.885. The molecule has 7 aromatic carbocycles. The molecule has 0 spiro atoms. The molecule has 0 N–H and O–H groups in total. The minimum Gasteiger partial charge on any atom is -0.456 e. The van der Waals surface area contributed by atoms with Gasteiger partial charge in [0.25, 0.3) is 0 Å². The third-order valence-electron chi connectivity index (χ3n) is 11.2. The van der Waals surface area contributed by atoms with Gasteiger partial charge in [-0.2, -0.15) is 0 Å². The summed E-state index contributed by atoms with van der Waals surface area (Å²) in [6, 6.07) is 60.9. The fourth-order valence-corrected chi connectivity index (χ4v) is 8.56. The van der Waals surface area contributed by atoms with Crippen LogP contribution in [0.2, 0.25) is 0 Å². The predicted molar refractivity (Wildman–Crippen MR) is 234 cm³/mol. The number of hydrogen-bond donors (Lipinski definition) is 0. The molecule has 0 atom stereocenters. The number of fused-ring (bicyclic) bond motifs is 7. The Morgan fingerprint density at radius 2 is 1.18 bits per heavy atom. The average molecular weight is 717 g/mol. The standard InChI is InChI=1S/C53H36N2O/c1-2-10-21-47-42(18-9-1)44(35-14-5-3-6-15-35)34-48(54-47)37-26-24-36(25-27-37)41-20-13-23-52-53(41)46-33-39(29-31-51(46)56-52)38-28-30-50-45(32-38)43-19-11-12-22-49(43)55(50)40-16-7-4-8-17-40/h1,3-9,11-34H,2,10H2/b9-1-,42-18-,47-21+. The fourth-order valence-electron chi connectivity index (χ4n) is 8.56. The average Bonchev–Trinajstić information content (AvgIpc) is 3.79. The van der Waals surface area contributed by atoms with Gasteiger partial charge in [-0.25, -0.2) is 4.98 Å². The number of hydrogen-bond acceptors (Lipinski definition) is 2. The van der Waals surface area contributed by atoms with E-state index in [0.29, 0.717) is 0 Å². The van der Waals surface area contributed by atoms with E-state index < -0.39 is 0 Å². The number of rotatable bonds is 5. The monoisotopic (exact) mass is 716 g/mol. The smallest absolute Gasteiger partial charge is 0.136 e. The second-order valence-electron chi connectivity index (χ2n) is 14.6. The Hall–Kier alpha value is -7.23. The molecule has 0 fully saturated rings. The summed E-state index contributed by atoms with van der Waals surface area (Å²) in [7, 11) is 0. The SMILES string of the molecule is C1=C\CC/C=c2/nc(-c3ccc(-c4cccc5oc6ccc(-c7ccc8c(c7)c7ccccc7n8-c7ccccc7)cc6c45)cc3)cc(-c3ccccc3)/c2=C/1. The van der Waals surface area contributed by atoms with Crippen LogP contribution in [0.25, 0.3) is 106 Å². The first-order valence-corrected chi connectivity index (χ1v) is 19.4. The van der Waals surface area contributed by atoms with Gasteiger partial charge < -0.3 is 8.98 Å². The summed E-state index contributed by atoms with van der Waals surface area (Å²) >= 11 is 0. The third kappa shape index (κ3) is 5.39. The number of pyridine rings is 1. The molecule has 0 radical (unpaired) electrons. The number of para-hydroxylation sites is 2. The van der Waals surface area contributed by atoms with Gasteiger partial charge >= 0.3 is 0 Å². The largest absolute Gasteiger partial charge is 0.456 e. The van der Waals surface area contributed by atoms with E-state index >= 15 is 0 Å². The molecule has 0 unspecified atom stereocenters. The van der Waals surface area contributed by atoms with Gasteiger partial charge in [-0.1, -0.05) is 140 Å². The second-order valence-corrected chi connectivity index (χ2v) is 14.6. The number of furan rings is 1. The third-order valence-corrected chi connectivity index (χ3v) is 11.2. The molecular weight excluding hydrogens is 681 g/mol. The van der Waals surface area contributed by atoms with Crippen molar-refractivity contribution in [3.8, 4) is 50.3 Å². The van der Waals surface area contributed by atoms with Crippen molar-refractivity contribution < 1.29 is 4.42 Å². The van der Waals surface area contributed by atoms with Crippen LogP contribution in [-0.4, -0.2) is 9.55 Å². The van der Waals surface area contributed by atoms with Crippen molar-refractivity contribution >= 4 is 55.9 Å². The number of benzene rings is 7. The molecule has 0 saturated heterocycles. The Morgan fingerprint density at radius 1 is 0.482 bits per heavy atom. The van der Waals surface area contributed by atoms with Crippen LogP contribution in [0.1, 0.15) is 12.8 Å². The van der Waals surface area contributed by atoms with E-state index in [1.54, 1.807) is 0 Å². The Labute approximate surface area is 324 Å². The molecule has 56 heavy (non-hydrogen) atoms. The van der Waals surface area contributed by atoms with Crippen molar-refractivity contribution in [3.63, 3.8) is 0 Å². The van der Waals surface area contributed by atoms with Gasteiger partial charge in [0.15, 0.2) is 0 Å². The van der Waals surface area contributed by atoms with Crippen LogP contribution in [0.4, 0.5) is 0 Å². The lowest BCUT2D eigenvalue weighted by Crippen LogP contribution is -2.31. The molecule has 3 heterocycles. The lowest BCUT2D eigenvalue weighted by molar-refractivity contribution is 0.669. The molecule has 1 aliphatic rings. The maximum absolute atomic E-state index is 6.48. The minimum absolute atomic E-state index is 0.885. The summed E-state index contributed by atoms with van der Waals surface area (Å²) in [6.45, 7) is 0. The van der Waals surface area contributed by atoms with Crippen LogP contribution in [0, 0.1) is 0 Å². The first kappa shape index (κ1) is 32.2. The molecule has 1 aliphatic carbocycles. The highest BCUT2D eigenvalue weighted by Crippen LogP contribution is 2.40. The maximum Gasteiger partial charge on any atom is 0.136 e. The van der Waals surface area contributed by atoms with E-state index in [4.69, 9.17) is 9.40 Å². The van der Waals surface area contributed by atoms with Gasteiger partial charge in [0.05, 0.1) is 22.1 Å². The summed E-state index contributed by atoms with van der Waals surface area (Å²) < 4.78 is 8.84. The number of aromatic nitrogens is 2. The Balaban J connectivity index is 1.01. The number of allylic oxidation sites excluding steroid dienone is 2. The van der Waals surface area contributed by atoms with Crippen molar-refractivity contribution in [2.24, 2.45) is 0 Å². The van der Waals surface area contributed by atoms with E-state index in [1.165, 1.54) is 43.7 Å². The highest BCUT2D eigenvalue weighted by atomic mass is 16.3. The van der Waals surface area contributed by atoms with E-state index in [-0.39, 0.29) is 0 Å². The van der Waals surface area contributed by atoms with Crippen LogP contribution in [0.5, 0.6) is 0 Å². The maximum atomic E-state index is 6.48. The van der Waals surface area contributed by atoms with Crippen molar-refractivity contribution in [3.05, 3.63) is 193 Å². The molecule has 3 aromatic heterocycles. The van der Waals surface area contributed by atoms with Crippen LogP contribution in [0.15, 0.2) is 186 Å². The zero-order valence-corrected chi connectivity index (χ0v) is 30.7. The summed E-state index contributed by atoms with van der Waals surface area (Å²) in [5, 5.41) is 6.94. The first-order chi connectivity index (χ1) is 27.8. The molecule has 3 nitrogen and oxygen atoms in total. The quantitative estimate of drug-likeness (QED) is 0.178. The Kier molecular flexibility index (Phi) is 7.63. The van der Waals surface area contributed by atoms with Crippen molar-refractivity contribution in [2.75, 3.05) is 0 Å². The molecule has 0 bridgehead atoms. The molecule has 3 heteroatoms. The van der Waals surface area contributed by atoms with Gasteiger partial charge in [0, 0.05) is 38.0 Å². The fraction of sp³-hybridized carbons (Fsp3) is 0.0377. The van der Waals surface area contributed by atoms with Crippen LogP contribution >= 0.6 is 0 Å². The zero-order chi connectivity index (χ0) is 37.0. The van der Waals surface area contributed by atoms with E-state index in [0.717, 1.165) is 73.8 Å². The second kappa shape index (κ2) is 13.3. The highest BCUT2D eigenvalue weighted by molar-refractivity contribution is 6.14. The molecule has 264 valence electrons. The highest BCUT2D eigenvalue weighted by Gasteiger charge is 2.17. The van der Waals surface area contributed by atoms with Gasteiger partial charge in [-0.05, 0) is 101 Å². The van der Waals surface area contributed by atoms with E-state index in [2.05, 4.69) is 199 Å². The van der Waals surface area contributed by atoms with Gasteiger partial charge in [-0.15, -0.1) is 0 Å². The van der Waals surface area contributed by atoms with Crippen LogP contribution < -0.4 is 10.6 Å². The predicted octanol–water partition coefficient (Wildman–Crippen LogP) is 12.7. The van der Waals surface area contributed by atoms with Crippen LogP contribution in [0.3, 0.4) is 0 Å².